The smallest absolute Gasteiger partial charge is 0.339 e. The van der Waals surface area contributed by atoms with Crippen LogP contribution in [0.25, 0.3) is 10.9 Å². The summed E-state index contributed by atoms with van der Waals surface area (Å²) in [5.41, 5.74) is 3.23. The van der Waals surface area contributed by atoms with Crippen LogP contribution in [0.3, 0.4) is 0 Å². The SMILES string of the molecule is CCCN1CCc2nc3ccccc3c(C(=O)OC(C)C(=O)Nc3ccc(S(=O)(=O)Nc4nnc(C)s4)cc3)c2C1. The minimum atomic E-state index is -3.87. The van der Waals surface area contributed by atoms with E-state index in [0.29, 0.717) is 33.7 Å². The van der Waals surface area contributed by atoms with Crippen molar-refractivity contribution >= 4 is 55.0 Å². The van der Waals surface area contributed by atoms with E-state index < -0.39 is 28.0 Å². The van der Waals surface area contributed by atoms with E-state index in [2.05, 4.69) is 32.1 Å². The van der Waals surface area contributed by atoms with Crippen LogP contribution >= 0.6 is 11.3 Å². The Morgan fingerprint density at radius 3 is 2.59 bits per heavy atom. The highest BCUT2D eigenvalue weighted by Gasteiger charge is 2.28. The van der Waals surface area contributed by atoms with Crippen LogP contribution in [0.1, 0.15) is 46.9 Å². The zero-order chi connectivity index (χ0) is 29.1. The van der Waals surface area contributed by atoms with Crippen molar-refractivity contribution in [2.45, 2.75) is 51.2 Å². The number of anilines is 2. The average molecular weight is 595 g/mol. The maximum absolute atomic E-state index is 13.5. The number of rotatable bonds is 9. The molecule has 0 fully saturated rings. The van der Waals surface area contributed by atoms with Gasteiger partial charge in [-0.25, -0.2) is 13.2 Å². The van der Waals surface area contributed by atoms with E-state index in [-0.39, 0.29) is 10.0 Å². The van der Waals surface area contributed by atoms with Crippen LogP contribution in [0.2, 0.25) is 0 Å². The third-order valence-electron chi connectivity index (χ3n) is 6.70. The molecule has 0 bridgehead atoms. The zero-order valence-electron chi connectivity index (χ0n) is 22.9. The van der Waals surface area contributed by atoms with Gasteiger partial charge in [-0.05, 0) is 57.1 Å². The summed E-state index contributed by atoms with van der Waals surface area (Å²) in [6.07, 6.45) is 0.629. The average Bonchev–Trinajstić information content (AvgIpc) is 3.35. The van der Waals surface area contributed by atoms with Crippen molar-refractivity contribution in [3.05, 3.63) is 70.4 Å². The predicted octanol–water partition coefficient (Wildman–Crippen LogP) is 4.15. The standard InChI is InChI=1S/C28H30N6O5S2/c1-4-14-34-15-13-24-22(16-34)25(21-7-5-6-8-23(21)30-24)27(36)39-17(2)26(35)29-19-9-11-20(12-10-19)41(37,38)33-28-32-31-18(3)40-28/h5-12,17H,4,13-16H2,1-3H3,(H,29,35)(H,32,33). The molecule has 1 atom stereocenters. The summed E-state index contributed by atoms with van der Waals surface area (Å²) >= 11 is 1.12. The minimum absolute atomic E-state index is 0.00529. The lowest BCUT2D eigenvalue weighted by Gasteiger charge is -2.29. The van der Waals surface area contributed by atoms with Crippen molar-refractivity contribution in [2.75, 3.05) is 23.1 Å². The molecule has 2 aromatic carbocycles. The number of aromatic nitrogens is 3. The molecule has 0 radical (unpaired) electrons. The lowest BCUT2D eigenvalue weighted by atomic mass is 9.95. The molecule has 214 valence electrons. The van der Waals surface area contributed by atoms with Crippen LogP contribution < -0.4 is 10.0 Å². The fourth-order valence-corrected chi connectivity index (χ4v) is 6.55. The largest absolute Gasteiger partial charge is 0.449 e. The molecule has 2 N–H and O–H groups in total. The van der Waals surface area contributed by atoms with E-state index in [0.717, 1.165) is 48.5 Å². The molecule has 1 aliphatic rings. The lowest BCUT2D eigenvalue weighted by molar-refractivity contribution is -0.123. The first-order chi connectivity index (χ1) is 19.6. The van der Waals surface area contributed by atoms with E-state index in [1.54, 1.807) is 6.92 Å². The number of carbonyl (C=O) groups is 2. The van der Waals surface area contributed by atoms with Gasteiger partial charge in [0.2, 0.25) is 5.13 Å². The zero-order valence-corrected chi connectivity index (χ0v) is 24.5. The molecule has 11 nitrogen and oxygen atoms in total. The van der Waals surface area contributed by atoms with Gasteiger partial charge in [0.05, 0.1) is 16.0 Å². The fraction of sp³-hybridized carbons (Fsp3) is 0.321. The summed E-state index contributed by atoms with van der Waals surface area (Å²) in [4.78, 5) is 33.6. The molecule has 5 rings (SSSR count). The second-order valence-corrected chi connectivity index (χ2v) is 12.6. The third-order valence-corrected chi connectivity index (χ3v) is 8.94. The van der Waals surface area contributed by atoms with Gasteiger partial charge >= 0.3 is 5.97 Å². The Hall–Kier alpha value is -3.94. The summed E-state index contributed by atoms with van der Waals surface area (Å²) in [7, 11) is -3.87. The van der Waals surface area contributed by atoms with Gasteiger partial charge in [-0.3, -0.25) is 19.4 Å². The summed E-state index contributed by atoms with van der Waals surface area (Å²) < 4.78 is 33.3. The fourth-order valence-electron chi connectivity index (χ4n) is 4.73. The number of carbonyl (C=O) groups excluding carboxylic acids is 2. The normalized spacial score (nSPS) is 14.3. The molecule has 1 aliphatic heterocycles. The van der Waals surface area contributed by atoms with Gasteiger partial charge < -0.3 is 10.1 Å². The van der Waals surface area contributed by atoms with Crippen molar-refractivity contribution in [2.24, 2.45) is 0 Å². The van der Waals surface area contributed by atoms with Crippen molar-refractivity contribution in [3.8, 4) is 0 Å². The number of fused-ring (bicyclic) bond motifs is 2. The molecule has 0 spiro atoms. The molecule has 3 heterocycles. The molecule has 0 saturated heterocycles. The first kappa shape index (κ1) is 28.6. The maximum Gasteiger partial charge on any atom is 0.339 e. The van der Waals surface area contributed by atoms with Gasteiger partial charge in [0.15, 0.2) is 6.10 Å². The first-order valence-electron chi connectivity index (χ1n) is 13.2. The monoisotopic (exact) mass is 594 g/mol. The molecule has 4 aromatic rings. The van der Waals surface area contributed by atoms with Crippen molar-refractivity contribution in [1.29, 1.82) is 0 Å². The highest BCUT2D eigenvalue weighted by Crippen LogP contribution is 2.29. The van der Waals surface area contributed by atoms with E-state index >= 15 is 0 Å². The molecule has 41 heavy (non-hydrogen) atoms. The number of nitrogens with zero attached hydrogens (tertiary/aromatic N) is 4. The first-order valence-corrected chi connectivity index (χ1v) is 15.5. The number of hydrogen-bond acceptors (Lipinski definition) is 10. The number of nitrogens with one attached hydrogen (secondary N) is 2. The second-order valence-electron chi connectivity index (χ2n) is 9.75. The van der Waals surface area contributed by atoms with Gasteiger partial charge in [0.1, 0.15) is 5.01 Å². The molecule has 0 saturated carbocycles. The highest BCUT2D eigenvalue weighted by atomic mass is 32.2. The number of benzene rings is 2. The maximum atomic E-state index is 13.5. The number of amides is 1. The number of aryl methyl sites for hydroxylation is 1. The second kappa shape index (κ2) is 11.9. The highest BCUT2D eigenvalue weighted by molar-refractivity contribution is 7.93. The Morgan fingerprint density at radius 1 is 1.12 bits per heavy atom. The number of pyridine rings is 1. The number of sulfonamides is 1. The topological polar surface area (TPSA) is 143 Å². The molecular formula is C28H30N6O5S2. The molecule has 0 aliphatic carbocycles. The summed E-state index contributed by atoms with van der Waals surface area (Å²) in [5, 5.41) is 11.7. The Morgan fingerprint density at radius 2 is 1.88 bits per heavy atom. The molecule has 1 amide bonds. The Bertz CT molecular complexity index is 1700. The number of hydrogen-bond donors (Lipinski definition) is 2. The molecule has 2 aromatic heterocycles. The van der Waals surface area contributed by atoms with Gasteiger partial charge in [0, 0.05) is 41.8 Å². The number of ether oxygens (including phenoxy) is 1. The quantitative estimate of drug-likeness (QED) is 0.273. The van der Waals surface area contributed by atoms with Crippen LogP contribution in [0, 0.1) is 6.92 Å². The van der Waals surface area contributed by atoms with E-state index in [1.807, 2.05) is 24.3 Å². The Labute approximate surface area is 242 Å². The summed E-state index contributed by atoms with van der Waals surface area (Å²) in [6.45, 7) is 7.72. The van der Waals surface area contributed by atoms with Gasteiger partial charge in [-0.1, -0.05) is 36.5 Å². The van der Waals surface area contributed by atoms with Crippen LogP contribution in [0.15, 0.2) is 53.4 Å². The summed E-state index contributed by atoms with van der Waals surface area (Å²) in [6, 6.07) is 13.1. The third kappa shape index (κ3) is 6.37. The van der Waals surface area contributed by atoms with E-state index in [1.165, 1.54) is 31.2 Å². The molecular weight excluding hydrogens is 564 g/mol. The molecule has 13 heteroatoms. The van der Waals surface area contributed by atoms with Crippen LogP contribution in [0.5, 0.6) is 0 Å². The van der Waals surface area contributed by atoms with Crippen molar-refractivity contribution in [1.82, 2.24) is 20.1 Å². The minimum Gasteiger partial charge on any atom is -0.449 e. The van der Waals surface area contributed by atoms with Crippen LogP contribution in [0.4, 0.5) is 10.8 Å². The number of para-hydroxylation sites is 1. The lowest BCUT2D eigenvalue weighted by Crippen LogP contribution is -2.34. The van der Waals surface area contributed by atoms with Crippen LogP contribution in [-0.4, -0.2) is 59.6 Å². The van der Waals surface area contributed by atoms with Gasteiger partial charge in [-0.15, -0.1) is 10.2 Å². The summed E-state index contributed by atoms with van der Waals surface area (Å²) in [5.74, 6) is -1.13. The van der Waals surface area contributed by atoms with E-state index in [4.69, 9.17) is 9.72 Å². The van der Waals surface area contributed by atoms with Crippen molar-refractivity contribution in [3.63, 3.8) is 0 Å². The number of esters is 1. The van der Waals surface area contributed by atoms with Crippen molar-refractivity contribution < 1.29 is 22.7 Å². The Kier molecular flexibility index (Phi) is 8.29. The molecule has 1 unspecified atom stereocenters. The van der Waals surface area contributed by atoms with Crippen LogP contribution in [-0.2, 0) is 32.5 Å². The van der Waals surface area contributed by atoms with E-state index in [9.17, 15) is 18.0 Å². The van der Waals surface area contributed by atoms with Gasteiger partial charge in [-0.2, -0.15) is 0 Å². The predicted molar refractivity (Wildman–Crippen MR) is 156 cm³/mol. The Balaban J connectivity index is 1.29. The van der Waals surface area contributed by atoms with Gasteiger partial charge in [0.25, 0.3) is 15.9 Å².